The molecule has 0 aliphatic heterocycles. The van der Waals surface area contributed by atoms with Gasteiger partial charge in [0.25, 0.3) is 5.91 Å². The smallest absolute Gasteiger partial charge is 0.251 e. The molecule has 2 N–H and O–H groups in total. The van der Waals surface area contributed by atoms with Gasteiger partial charge in [-0.15, -0.1) is 0 Å². The number of aromatic amines is 1. The molecule has 3 rings (SSSR count). The van der Waals surface area contributed by atoms with Gasteiger partial charge in [-0.2, -0.15) is 4.98 Å². The molecule has 0 bridgehead atoms. The summed E-state index contributed by atoms with van der Waals surface area (Å²) in [5.41, 5.74) is 1.61. The molecule has 0 spiro atoms. The lowest BCUT2D eigenvalue weighted by atomic mass is 10.1. The number of nitrogens with zero attached hydrogens (tertiary/aromatic N) is 2. The van der Waals surface area contributed by atoms with Gasteiger partial charge in [0.05, 0.1) is 0 Å². The highest BCUT2D eigenvalue weighted by atomic mass is 16.5. The summed E-state index contributed by atoms with van der Waals surface area (Å²) < 4.78 is 4.99. The Morgan fingerprint density at radius 1 is 1.40 bits per heavy atom. The number of hydrogen-bond acceptors (Lipinski definition) is 4. The van der Waals surface area contributed by atoms with Crippen LogP contribution in [-0.2, 0) is 6.42 Å². The first kappa shape index (κ1) is 12.4. The number of amides is 1. The lowest BCUT2D eigenvalue weighted by Crippen LogP contribution is -2.25. The first-order chi connectivity index (χ1) is 9.74. The Hall–Kier alpha value is -2.63. The highest BCUT2D eigenvalue weighted by Gasteiger charge is 2.10. The molecule has 102 valence electrons. The van der Waals surface area contributed by atoms with E-state index in [9.17, 15) is 4.79 Å². The van der Waals surface area contributed by atoms with Crippen LogP contribution in [0.4, 0.5) is 0 Å². The lowest BCUT2D eigenvalue weighted by Gasteiger charge is -2.04. The molecule has 0 unspecified atom stereocenters. The largest absolute Gasteiger partial charge is 0.361 e. The van der Waals surface area contributed by atoms with Gasteiger partial charge in [0, 0.05) is 35.6 Å². The Balaban J connectivity index is 1.66. The molecule has 2 heterocycles. The monoisotopic (exact) mass is 270 g/mol. The summed E-state index contributed by atoms with van der Waals surface area (Å²) in [6, 6.07) is 7.50. The molecule has 6 heteroatoms. The van der Waals surface area contributed by atoms with Gasteiger partial charge in [-0.05, 0) is 25.1 Å². The van der Waals surface area contributed by atoms with Crippen molar-refractivity contribution >= 4 is 16.8 Å². The van der Waals surface area contributed by atoms with Gasteiger partial charge >= 0.3 is 0 Å². The molecule has 0 aliphatic carbocycles. The first-order valence-corrected chi connectivity index (χ1v) is 6.37. The molecule has 6 nitrogen and oxygen atoms in total. The summed E-state index contributed by atoms with van der Waals surface area (Å²) in [5.74, 6) is 1.03. The predicted molar refractivity (Wildman–Crippen MR) is 73.4 cm³/mol. The molecular formula is C14H14N4O2. The normalized spacial score (nSPS) is 10.8. The Kier molecular flexibility index (Phi) is 3.20. The molecule has 0 saturated carbocycles. The number of rotatable bonds is 4. The SMILES string of the molecule is Cc1noc(CCNC(=O)c2cccc3[nH]ccc23)n1. The van der Waals surface area contributed by atoms with Crippen LogP contribution in [0, 0.1) is 6.92 Å². The van der Waals surface area contributed by atoms with Gasteiger partial charge in [-0.25, -0.2) is 0 Å². The van der Waals surface area contributed by atoms with Crippen molar-refractivity contribution in [1.82, 2.24) is 20.4 Å². The second kappa shape index (κ2) is 5.16. The number of H-pyrrole nitrogens is 1. The zero-order valence-electron chi connectivity index (χ0n) is 11.0. The van der Waals surface area contributed by atoms with Gasteiger partial charge in [-0.1, -0.05) is 11.2 Å². The zero-order chi connectivity index (χ0) is 13.9. The van der Waals surface area contributed by atoms with Gasteiger partial charge < -0.3 is 14.8 Å². The van der Waals surface area contributed by atoms with E-state index in [-0.39, 0.29) is 5.91 Å². The summed E-state index contributed by atoms with van der Waals surface area (Å²) in [6.07, 6.45) is 2.35. The Morgan fingerprint density at radius 3 is 3.10 bits per heavy atom. The van der Waals surface area contributed by atoms with Crippen LogP contribution in [0.25, 0.3) is 10.9 Å². The van der Waals surface area contributed by atoms with Gasteiger partial charge in [0.15, 0.2) is 5.82 Å². The van der Waals surface area contributed by atoms with Crippen LogP contribution in [0.5, 0.6) is 0 Å². The van der Waals surface area contributed by atoms with E-state index < -0.39 is 0 Å². The van der Waals surface area contributed by atoms with E-state index in [0.717, 1.165) is 10.9 Å². The van der Waals surface area contributed by atoms with E-state index in [1.165, 1.54) is 0 Å². The van der Waals surface area contributed by atoms with Crippen molar-refractivity contribution < 1.29 is 9.32 Å². The molecule has 0 radical (unpaired) electrons. The third-order valence-electron chi connectivity index (χ3n) is 3.03. The molecule has 0 saturated heterocycles. The molecule has 1 aromatic carbocycles. The predicted octanol–water partition coefficient (Wildman–Crippen LogP) is 1.83. The van der Waals surface area contributed by atoms with E-state index in [4.69, 9.17) is 4.52 Å². The van der Waals surface area contributed by atoms with E-state index in [1.807, 2.05) is 30.5 Å². The van der Waals surface area contributed by atoms with Crippen molar-refractivity contribution in [1.29, 1.82) is 0 Å². The number of carbonyl (C=O) groups is 1. The van der Waals surface area contributed by atoms with Crippen molar-refractivity contribution in [2.24, 2.45) is 0 Å². The van der Waals surface area contributed by atoms with Crippen LogP contribution in [-0.4, -0.2) is 27.6 Å². The van der Waals surface area contributed by atoms with Gasteiger partial charge in [-0.3, -0.25) is 4.79 Å². The number of hydrogen-bond donors (Lipinski definition) is 2. The highest BCUT2D eigenvalue weighted by Crippen LogP contribution is 2.17. The number of carbonyl (C=O) groups excluding carboxylic acids is 1. The van der Waals surface area contributed by atoms with Crippen molar-refractivity contribution in [2.45, 2.75) is 13.3 Å². The topological polar surface area (TPSA) is 83.8 Å². The molecule has 1 amide bonds. The number of benzene rings is 1. The summed E-state index contributed by atoms with van der Waals surface area (Å²) >= 11 is 0. The third-order valence-corrected chi connectivity index (χ3v) is 3.03. The summed E-state index contributed by atoms with van der Waals surface area (Å²) in [7, 11) is 0. The number of aromatic nitrogens is 3. The third kappa shape index (κ3) is 2.40. The highest BCUT2D eigenvalue weighted by molar-refractivity contribution is 6.06. The van der Waals surface area contributed by atoms with Crippen molar-refractivity contribution in [3.8, 4) is 0 Å². The average Bonchev–Trinajstić information content (AvgIpc) is 3.06. The maximum atomic E-state index is 12.2. The molecule has 2 aromatic heterocycles. The summed E-state index contributed by atoms with van der Waals surface area (Å²) in [5, 5.41) is 7.48. The van der Waals surface area contributed by atoms with Crippen molar-refractivity contribution in [3.05, 3.63) is 47.7 Å². The Labute approximate surface area is 115 Å². The maximum Gasteiger partial charge on any atom is 0.251 e. The Morgan fingerprint density at radius 2 is 2.30 bits per heavy atom. The van der Waals surface area contributed by atoms with Crippen LogP contribution in [0.1, 0.15) is 22.1 Å². The fourth-order valence-electron chi connectivity index (χ4n) is 2.10. The van der Waals surface area contributed by atoms with Crippen LogP contribution >= 0.6 is 0 Å². The lowest BCUT2D eigenvalue weighted by molar-refractivity contribution is 0.0955. The zero-order valence-corrected chi connectivity index (χ0v) is 11.0. The summed E-state index contributed by atoms with van der Waals surface area (Å²) in [6.45, 7) is 2.22. The minimum atomic E-state index is -0.105. The Bertz CT molecular complexity index is 744. The standard InChI is InChI=1S/C14H14N4O2/c1-9-17-13(20-18-9)6-8-16-14(19)11-3-2-4-12-10(11)5-7-15-12/h2-5,7,15H,6,8H2,1H3,(H,16,19). The van der Waals surface area contributed by atoms with Crippen LogP contribution in [0.2, 0.25) is 0 Å². The van der Waals surface area contributed by atoms with Crippen molar-refractivity contribution in [2.75, 3.05) is 6.54 Å². The average molecular weight is 270 g/mol. The van der Waals surface area contributed by atoms with E-state index in [1.54, 1.807) is 6.92 Å². The molecule has 20 heavy (non-hydrogen) atoms. The maximum absolute atomic E-state index is 12.2. The molecule has 3 aromatic rings. The molecule has 0 fully saturated rings. The van der Waals surface area contributed by atoms with Crippen LogP contribution in [0.3, 0.4) is 0 Å². The van der Waals surface area contributed by atoms with Crippen LogP contribution in [0.15, 0.2) is 35.0 Å². The molecule has 0 aliphatic rings. The van der Waals surface area contributed by atoms with Gasteiger partial charge in [0.1, 0.15) is 0 Å². The first-order valence-electron chi connectivity index (χ1n) is 6.37. The van der Waals surface area contributed by atoms with E-state index >= 15 is 0 Å². The second-order valence-electron chi connectivity index (χ2n) is 4.49. The number of nitrogens with one attached hydrogen (secondary N) is 2. The van der Waals surface area contributed by atoms with Gasteiger partial charge in [0.2, 0.25) is 5.89 Å². The molecular weight excluding hydrogens is 256 g/mol. The number of aryl methyl sites for hydroxylation is 1. The van der Waals surface area contributed by atoms with E-state index in [0.29, 0.717) is 30.2 Å². The number of fused-ring (bicyclic) bond motifs is 1. The minimum Gasteiger partial charge on any atom is -0.361 e. The second-order valence-corrected chi connectivity index (χ2v) is 4.49. The molecule has 0 atom stereocenters. The van der Waals surface area contributed by atoms with Crippen LogP contribution < -0.4 is 5.32 Å². The fourth-order valence-corrected chi connectivity index (χ4v) is 2.10. The fraction of sp³-hybridized carbons (Fsp3) is 0.214. The van der Waals surface area contributed by atoms with Crippen molar-refractivity contribution in [3.63, 3.8) is 0 Å². The van der Waals surface area contributed by atoms with E-state index in [2.05, 4.69) is 20.4 Å². The quantitative estimate of drug-likeness (QED) is 0.757. The summed E-state index contributed by atoms with van der Waals surface area (Å²) in [4.78, 5) is 19.3. The minimum absolute atomic E-state index is 0.105.